The van der Waals surface area contributed by atoms with Crippen LogP contribution in [0.1, 0.15) is 30.6 Å². The van der Waals surface area contributed by atoms with Crippen LogP contribution < -0.4 is 10.6 Å². The van der Waals surface area contributed by atoms with Crippen LogP contribution in [0.5, 0.6) is 0 Å². The van der Waals surface area contributed by atoms with Crippen molar-refractivity contribution in [2.45, 2.75) is 25.9 Å². The third-order valence-corrected chi connectivity index (χ3v) is 5.80. The molecule has 2 aromatic rings. The van der Waals surface area contributed by atoms with E-state index in [0.717, 1.165) is 25.1 Å². The fourth-order valence-electron chi connectivity index (χ4n) is 3.38. The molecule has 1 amide bonds. The number of likely N-dealkylation sites (tertiary alicyclic amines) is 1. The zero-order chi connectivity index (χ0) is 22.8. The van der Waals surface area contributed by atoms with Crippen molar-refractivity contribution in [3.63, 3.8) is 0 Å². The summed E-state index contributed by atoms with van der Waals surface area (Å²) in [5, 5.41) is 16.2. The van der Waals surface area contributed by atoms with Crippen LogP contribution in [0.15, 0.2) is 30.3 Å². The van der Waals surface area contributed by atoms with Crippen LogP contribution in [0.3, 0.4) is 0 Å². The van der Waals surface area contributed by atoms with Crippen LogP contribution in [0.2, 0.25) is 0 Å². The number of benzene rings is 2. The largest absolute Gasteiger partial charge is 0.385 e. The molecule has 168 valence electrons. The molecule has 0 aromatic heterocycles. The molecular weight excluding hydrogens is 522 g/mol. The second-order valence-electron chi connectivity index (χ2n) is 8.28. The van der Waals surface area contributed by atoms with Gasteiger partial charge in [-0.2, -0.15) is 0 Å². The van der Waals surface area contributed by atoms with E-state index in [1.807, 2.05) is 22.6 Å². The SMILES string of the molecule is CC(C)CCNCC1(O)CN(C(=O)c2ccc(F)c(F)c2Nc2ccc(I)cc2F)C1. The van der Waals surface area contributed by atoms with E-state index in [-0.39, 0.29) is 24.3 Å². The molecule has 31 heavy (non-hydrogen) atoms. The summed E-state index contributed by atoms with van der Waals surface area (Å²) in [6.07, 6.45) is 0.970. The number of hydrogen-bond acceptors (Lipinski definition) is 4. The van der Waals surface area contributed by atoms with Crippen molar-refractivity contribution in [3.8, 4) is 0 Å². The van der Waals surface area contributed by atoms with Gasteiger partial charge in [0.05, 0.1) is 30.0 Å². The third kappa shape index (κ3) is 5.69. The third-order valence-electron chi connectivity index (χ3n) is 5.13. The molecule has 2 aromatic carbocycles. The normalized spacial score (nSPS) is 15.2. The average Bonchev–Trinajstić information content (AvgIpc) is 2.68. The molecule has 5 nitrogen and oxygen atoms in total. The number of hydrogen-bond donors (Lipinski definition) is 3. The molecule has 0 bridgehead atoms. The lowest BCUT2D eigenvalue weighted by molar-refractivity contribution is -0.0785. The number of β-amino-alcohol motifs (C(OH)–C–C–N with tert-alkyl or cyclic N) is 1. The van der Waals surface area contributed by atoms with Crippen LogP contribution >= 0.6 is 22.6 Å². The van der Waals surface area contributed by atoms with Gasteiger partial charge in [-0.1, -0.05) is 13.8 Å². The standard InChI is InChI=1S/C22H25F3IN3O2/c1-13(2)7-8-27-10-22(31)11-29(12-22)21(30)15-4-5-16(23)19(25)20(15)28-18-6-3-14(26)9-17(18)24/h3-6,9,13,27-28,31H,7-8,10-12H2,1-2H3. The fourth-order valence-corrected chi connectivity index (χ4v) is 3.83. The van der Waals surface area contributed by atoms with Crippen molar-refractivity contribution in [2.75, 3.05) is 31.5 Å². The smallest absolute Gasteiger partial charge is 0.256 e. The number of amides is 1. The van der Waals surface area contributed by atoms with Crippen molar-refractivity contribution < 1.29 is 23.1 Å². The maximum absolute atomic E-state index is 14.5. The molecule has 1 aliphatic heterocycles. The lowest BCUT2D eigenvalue weighted by atomic mass is 9.92. The van der Waals surface area contributed by atoms with Gasteiger partial charge in [-0.15, -0.1) is 0 Å². The summed E-state index contributed by atoms with van der Waals surface area (Å²) in [6.45, 7) is 5.44. The van der Waals surface area contributed by atoms with E-state index in [4.69, 9.17) is 0 Å². The van der Waals surface area contributed by atoms with Gasteiger partial charge < -0.3 is 20.6 Å². The predicted molar refractivity (Wildman–Crippen MR) is 122 cm³/mol. The Balaban J connectivity index is 1.73. The molecule has 0 radical (unpaired) electrons. The monoisotopic (exact) mass is 547 g/mol. The van der Waals surface area contributed by atoms with Crippen molar-refractivity contribution >= 4 is 39.9 Å². The molecule has 9 heteroatoms. The molecule has 3 N–H and O–H groups in total. The summed E-state index contributed by atoms with van der Waals surface area (Å²) < 4.78 is 43.2. The highest BCUT2D eigenvalue weighted by Gasteiger charge is 2.44. The maximum Gasteiger partial charge on any atom is 0.256 e. The predicted octanol–water partition coefficient (Wildman–Crippen LogP) is 4.27. The van der Waals surface area contributed by atoms with Crippen molar-refractivity contribution in [1.82, 2.24) is 10.2 Å². The van der Waals surface area contributed by atoms with E-state index in [0.29, 0.717) is 16.0 Å². The summed E-state index contributed by atoms with van der Waals surface area (Å²) in [5.74, 6) is -3.10. The summed E-state index contributed by atoms with van der Waals surface area (Å²) >= 11 is 1.93. The van der Waals surface area contributed by atoms with Gasteiger partial charge in [-0.25, -0.2) is 13.2 Å². The Morgan fingerprint density at radius 1 is 1.19 bits per heavy atom. The second kappa shape index (κ2) is 9.74. The fraction of sp³-hybridized carbons (Fsp3) is 0.409. The number of aliphatic hydroxyl groups is 1. The van der Waals surface area contributed by atoms with E-state index < -0.39 is 34.6 Å². The van der Waals surface area contributed by atoms with Crippen LogP contribution in [-0.4, -0.2) is 47.7 Å². The minimum atomic E-state index is -1.27. The Labute approximate surface area is 193 Å². The summed E-state index contributed by atoms with van der Waals surface area (Å²) in [6, 6.07) is 6.25. The van der Waals surface area contributed by atoms with Crippen molar-refractivity contribution in [3.05, 3.63) is 56.9 Å². The Morgan fingerprint density at radius 2 is 1.90 bits per heavy atom. The van der Waals surface area contributed by atoms with Gasteiger partial charge in [0.15, 0.2) is 11.6 Å². The highest BCUT2D eigenvalue weighted by Crippen LogP contribution is 2.31. The van der Waals surface area contributed by atoms with Gasteiger partial charge in [-0.05, 0) is 71.8 Å². The second-order valence-corrected chi connectivity index (χ2v) is 9.52. The number of halogens is 4. The first-order chi connectivity index (χ1) is 14.6. The number of anilines is 2. The van der Waals surface area contributed by atoms with Gasteiger partial charge in [0.1, 0.15) is 11.4 Å². The summed E-state index contributed by atoms with van der Waals surface area (Å²) in [7, 11) is 0. The molecule has 1 heterocycles. The molecule has 0 unspecified atom stereocenters. The van der Waals surface area contributed by atoms with Crippen LogP contribution in [0, 0.1) is 26.9 Å². The first kappa shape index (κ1) is 23.8. The van der Waals surface area contributed by atoms with Gasteiger partial charge in [0.25, 0.3) is 5.91 Å². The van der Waals surface area contributed by atoms with Crippen LogP contribution in [0.4, 0.5) is 24.5 Å². The van der Waals surface area contributed by atoms with Gasteiger partial charge in [0.2, 0.25) is 0 Å². The molecule has 1 aliphatic rings. The average molecular weight is 547 g/mol. The topological polar surface area (TPSA) is 64.6 Å². The Morgan fingerprint density at radius 3 is 2.55 bits per heavy atom. The summed E-state index contributed by atoms with van der Waals surface area (Å²) in [4.78, 5) is 14.3. The molecule has 0 atom stereocenters. The molecule has 1 saturated heterocycles. The number of nitrogens with one attached hydrogen (secondary N) is 2. The van der Waals surface area contributed by atoms with Crippen molar-refractivity contribution in [1.29, 1.82) is 0 Å². The van der Waals surface area contributed by atoms with Crippen molar-refractivity contribution in [2.24, 2.45) is 5.92 Å². The van der Waals surface area contributed by atoms with Crippen LogP contribution in [0.25, 0.3) is 0 Å². The van der Waals surface area contributed by atoms with E-state index in [9.17, 15) is 23.1 Å². The molecule has 0 saturated carbocycles. The zero-order valence-corrected chi connectivity index (χ0v) is 19.5. The van der Waals surface area contributed by atoms with Gasteiger partial charge in [-0.3, -0.25) is 4.79 Å². The molecular formula is C22H25F3IN3O2. The Hall–Kier alpha value is -1.85. The molecule has 0 aliphatic carbocycles. The van der Waals surface area contributed by atoms with E-state index in [2.05, 4.69) is 24.5 Å². The Kier molecular flexibility index (Phi) is 7.48. The molecule has 0 spiro atoms. The first-order valence-electron chi connectivity index (χ1n) is 10.0. The lowest BCUT2D eigenvalue weighted by Crippen LogP contribution is -2.67. The quantitative estimate of drug-likeness (QED) is 0.341. The highest BCUT2D eigenvalue weighted by molar-refractivity contribution is 14.1. The molecule has 3 rings (SSSR count). The number of rotatable bonds is 8. The number of carbonyl (C=O) groups is 1. The number of carbonyl (C=O) groups excluding carboxylic acids is 1. The minimum absolute atomic E-state index is 0.0663. The zero-order valence-electron chi connectivity index (χ0n) is 17.3. The first-order valence-corrected chi connectivity index (χ1v) is 11.1. The van der Waals surface area contributed by atoms with Gasteiger partial charge >= 0.3 is 0 Å². The Bertz CT molecular complexity index is 965. The van der Waals surface area contributed by atoms with E-state index in [1.165, 1.54) is 17.0 Å². The summed E-state index contributed by atoms with van der Waals surface area (Å²) in [5.41, 5.74) is -1.71. The van der Waals surface area contributed by atoms with Crippen LogP contribution in [-0.2, 0) is 0 Å². The lowest BCUT2D eigenvalue weighted by Gasteiger charge is -2.46. The molecule has 1 fully saturated rings. The van der Waals surface area contributed by atoms with Gasteiger partial charge in [0, 0.05) is 10.1 Å². The van der Waals surface area contributed by atoms with E-state index >= 15 is 0 Å². The van der Waals surface area contributed by atoms with E-state index in [1.54, 1.807) is 6.07 Å². The highest BCUT2D eigenvalue weighted by atomic mass is 127. The maximum atomic E-state index is 14.5. The number of nitrogens with zero attached hydrogens (tertiary/aromatic N) is 1. The minimum Gasteiger partial charge on any atom is -0.385 e.